The maximum atomic E-state index is 14.0. The van der Waals surface area contributed by atoms with Crippen LogP contribution in [0.5, 0.6) is 0 Å². The average Bonchev–Trinajstić information content (AvgIpc) is 3.40. The van der Waals surface area contributed by atoms with Crippen LogP contribution in [0.1, 0.15) is 42.4 Å². The van der Waals surface area contributed by atoms with Gasteiger partial charge in [-0.3, -0.25) is 14.7 Å². The van der Waals surface area contributed by atoms with E-state index in [1.807, 2.05) is 47.1 Å². The third-order valence-corrected chi connectivity index (χ3v) is 10.5. The quantitative estimate of drug-likeness (QED) is 0.367. The van der Waals surface area contributed by atoms with Crippen molar-refractivity contribution in [3.8, 4) is 0 Å². The minimum Gasteiger partial charge on any atom is -0.436 e. The number of nitrogens with one attached hydrogen (secondary N) is 3. The predicted octanol–water partition coefficient (Wildman–Crippen LogP) is 2.93. The van der Waals surface area contributed by atoms with Crippen LogP contribution in [0.25, 0.3) is 11.1 Å². The fourth-order valence-electron chi connectivity index (χ4n) is 7.78. The van der Waals surface area contributed by atoms with Crippen LogP contribution in [0.3, 0.4) is 0 Å². The minimum absolute atomic E-state index is 0.00254. The van der Waals surface area contributed by atoms with Gasteiger partial charge in [-0.25, -0.2) is 14.4 Å². The lowest BCUT2D eigenvalue weighted by atomic mass is 10.0. The number of para-hydroxylation sites is 1. The molecule has 1 aromatic heterocycles. The summed E-state index contributed by atoms with van der Waals surface area (Å²) in [4.78, 5) is 63.2. The number of carbonyl (C=O) groups excluding carboxylic acids is 3. The molecular weight excluding hydrogens is 614 g/mol. The monoisotopic (exact) mass is 659 g/mol. The molecule has 4 aliphatic heterocycles. The van der Waals surface area contributed by atoms with Gasteiger partial charge in [0.05, 0.1) is 5.52 Å². The Morgan fingerprint density at radius 1 is 0.917 bits per heavy atom. The molecule has 0 aliphatic carbocycles. The summed E-state index contributed by atoms with van der Waals surface area (Å²) in [5, 5.41) is 6.46. The summed E-state index contributed by atoms with van der Waals surface area (Å²) in [7, 11) is 0. The van der Waals surface area contributed by atoms with Gasteiger partial charge in [-0.15, -0.1) is 0 Å². The molecule has 1 unspecified atom stereocenters. The molecule has 0 radical (unpaired) electrons. The number of piperazine rings is 1. The zero-order chi connectivity index (χ0) is 33.2. The summed E-state index contributed by atoms with van der Waals surface area (Å²) in [5.41, 5.74) is 4.54. The summed E-state index contributed by atoms with van der Waals surface area (Å²) >= 11 is 0. The van der Waals surface area contributed by atoms with E-state index in [0.717, 1.165) is 67.8 Å². The molecule has 3 saturated heterocycles. The number of fused-ring (bicyclic) bond motifs is 2. The van der Waals surface area contributed by atoms with Gasteiger partial charge in [-0.1, -0.05) is 24.3 Å². The summed E-state index contributed by atoms with van der Waals surface area (Å²) in [6.07, 6.45) is 2.84. The molecule has 2 aromatic carbocycles. The zero-order valence-corrected chi connectivity index (χ0v) is 27.5. The SMILES string of the molecule is Cc1cc(CC(OC(=O)N2CCC(N3CCc4ccccc4NC3=O)CC2)C(=O)N2CCN(C3CCNCC3)CC2)cc2oc(=O)[nH]c12. The molecule has 13 heteroatoms. The van der Waals surface area contributed by atoms with Crippen molar-refractivity contribution in [3.63, 3.8) is 0 Å². The summed E-state index contributed by atoms with van der Waals surface area (Å²) in [6, 6.07) is 11.9. The first-order chi connectivity index (χ1) is 23.3. The van der Waals surface area contributed by atoms with Gasteiger partial charge in [0.1, 0.15) is 0 Å². The molecule has 48 heavy (non-hydrogen) atoms. The van der Waals surface area contributed by atoms with Crippen LogP contribution >= 0.6 is 0 Å². The van der Waals surface area contributed by atoms with E-state index < -0.39 is 18.0 Å². The Labute approximate surface area is 279 Å². The van der Waals surface area contributed by atoms with E-state index in [4.69, 9.17) is 9.15 Å². The first kappa shape index (κ1) is 32.2. The number of rotatable bonds is 6. The molecule has 7 rings (SSSR count). The molecule has 256 valence electrons. The number of aromatic nitrogens is 1. The second kappa shape index (κ2) is 14.0. The number of urea groups is 1. The Kier molecular flexibility index (Phi) is 9.40. The standard InChI is InChI=1S/C35H45N7O6/c1-23-20-24(21-29-31(23)38-34(45)47-29)22-30(32(43)40-18-16-39(17-19-40)26-6-11-36-12-7-26)48-35(46)41-13-9-27(10-14-41)42-15-8-25-4-2-3-5-28(25)37-33(42)44/h2-5,20-21,26-27,30,36H,6-19,22H2,1H3,(H,37,44)(H,38,45). The van der Waals surface area contributed by atoms with Crippen molar-refractivity contribution in [2.75, 3.05) is 64.2 Å². The first-order valence-corrected chi connectivity index (χ1v) is 17.3. The molecule has 0 saturated carbocycles. The average molecular weight is 660 g/mol. The number of anilines is 1. The highest BCUT2D eigenvalue weighted by Gasteiger charge is 2.36. The normalized spacial score (nSPS) is 20.7. The number of likely N-dealkylation sites (tertiary alicyclic amines) is 1. The third-order valence-electron chi connectivity index (χ3n) is 10.5. The molecule has 13 nitrogen and oxygen atoms in total. The van der Waals surface area contributed by atoms with Gasteiger partial charge in [0, 0.05) is 70.0 Å². The Bertz CT molecular complexity index is 1700. The number of nitrogens with zero attached hydrogens (tertiary/aromatic N) is 4. The van der Waals surface area contributed by atoms with Crippen LogP contribution in [0.4, 0.5) is 15.3 Å². The first-order valence-electron chi connectivity index (χ1n) is 17.3. The number of hydrogen-bond donors (Lipinski definition) is 3. The van der Waals surface area contributed by atoms with Crippen molar-refractivity contribution in [1.82, 2.24) is 29.9 Å². The summed E-state index contributed by atoms with van der Waals surface area (Å²) in [5.74, 6) is -0.751. The Balaban J connectivity index is 1.01. The van der Waals surface area contributed by atoms with Gasteiger partial charge in [0.25, 0.3) is 5.91 Å². The number of hydrogen-bond acceptors (Lipinski definition) is 8. The van der Waals surface area contributed by atoms with Gasteiger partial charge in [0.15, 0.2) is 11.7 Å². The topological polar surface area (TPSA) is 143 Å². The lowest BCUT2D eigenvalue weighted by molar-refractivity contribution is -0.143. The van der Waals surface area contributed by atoms with E-state index in [1.54, 1.807) is 11.0 Å². The molecule has 3 aromatic rings. The van der Waals surface area contributed by atoms with Crippen LogP contribution in [-0.4, -0.2) is 120 Å². The van der Waals surface area contributed by atoms with E-state index in [9.17, 15) is 19.2 Å². The van der Waals surface area contributed by atoms with Crippen molar-refractivity contribution < 1.29 is 23.5 Å². The highest BCUT2D eigenvalue weighted by atomic mass is 16.6. The van der Waals surface area contributed by atoms with Crippen molar-refractivity contribution in [2.24, 2.45) is 0 Å². The van der Waals surface area contributed by atoms with Gasteiger partial charge in [0.2, 0.25) is 0 Å². The van der Waals surface area contributed by atoms with Gasteiger partial charge >= 0.3 is 17.9 Å². The van der Waals surface area contributed by atoms with Crippen molar-refractivity contribution in [3.05, 3.63) is 63.6 Å². The van der Waals surface area contributed by atoms with Crippen LogP contribution in [0.15, 0.2) is 45.6 Å². The molecule has 3 N–H and O–H groups in total. The number of oxazole rings is 1. The molecule has 4 amide bonds. The van der Waals surface area contributed by atoms with E-state index >= 15 is 0 Å². The van der Waals surface area contributed by atoms with E-state index in [0.29, 0.717) is 62.7 Å². The number of carbonyl (C=O) groups is 3. The number of aromatic amines is 1. The van der Waals surface area contributed by atoms with Gasteiger partial charge in [-0.05, 0) is 80.9 Å². The molecule has 1 atom stereocenters. The molecule has 5 heterocycles. The van der Waals surface area contributed by atoms with Crippen molar-refractivity contribution in [1.29, 1.82) is 0 Å². The van der Waals surface area contributed by atoms with Crippen LogP contribution in [-0.2, 0) is 22.4 Å². The van der Waals surface area contributed by atoms with Crippen molar-refractivity contribution in [2.45, 2.75) is 63.6 Å². The van der Waals surface area contributed by atoms with Crippen LogP contribution in [0.2, 0.25) is 0 Å². The third kappa shape index (κ3) is 6.93. The number of piperidine rings is 2. The number of ether oxygens (including phenoxy) is 1. The van der Waals surface area contributed by atoms with E-state index in [1.165, 1.54) is 0 Å². The molecule has 0 bridgehead atoms. The highest BCUT2D eigenvalue weighted by Crippen LogP contribution is 2.26. The maximum Gasteiger partial charge on any atom is 0.417 e. The fraction of sp³-hybridized carbons (Fsp3) is 0.543. The second-order valence-corrected chi connectivity index (χ2v) is 13.5. The summed E-state index contributed by atoms with van der Waals surface area (Å²) in [6.45, 7) is 8.11. The predicted molar refractivity (Wildman–Crippen MR) is 180 cm³/mol. The Morgan fingerprint density at radius 3 is 2.44 bits per heavy atom. The van der Waals surface area contributed by atoms with Gasteiger partial charge in [-0.2, -0.15) is 0 Å². The molecule has 0 spiro atoms. The smallest absolute Gasteiger partial charge is 0.417 e. The van der Waals surface area contributed by atoms with Gasteiger partial charge < -0.3 is 34.5 Å². The fourth-order valence-corrected chi connectivity index (χ4v) is 7.78. The Hall–Kier alpha value is -4.36. The summed E-state index contributed by atoms with van der Waals surface area (Å²) < 4.78 is 11.4. The largest absolute Gasteiger partial charge is 0.436 e. The van der Waals surface area contributed by atoms with E-state index in [2.05, 4.69) is 20.5 Å². The zero-order valence-electron chi connectivity index (χ0n) is 27.5. The van der Waals surface area contributed by atoms with Crippen molar-refractivity contribution >= 4 is 34.8 Å². The number of aryl methyl sites for hydroxylation is 1. The van der Waals surface area contributed by atoms with Crippen LogP contribution < -0.4 is 16.4 Å². The maximum absolute atomic E-state index is 14.0. The highest BCUT2D eigenvalue weighted by molar-refractivity contribution is 5.91. The lowest BCUT2D eigenvalue weighted by Gasteiger charge is -2.41. The lowest BCUT2D eigenvalue weighted by Crippen LogP contribution is -2.56. The van der Waals surface area contributed by atoms with Crippen LogP contribution in [0, 0.1) is 6.92 Å². The second-order valence-electron chi connectivity index (χ2n) is 13.5. The Morgan fingerprint density at radius 2 is 1.67 bits per heavy atom. The number of benzene rings is 2. The number of H-pyrrole nitrogens is 1. The molecule has 4 aliphatic rings. The minimum atomic E-state index is -1.03. The number of amides is 4. The van der Waals surface area contributed by atoms with E-state index in [-0.39, 0.29) is 24.4 Å². The molecule has 3 fully saturated rings. The molecular formula is C35H45N7O6.